The van der Waals surface area contributed by atoms with Gasteiger partial charge in [-0.1, -0.05) is 6.42 Å². The van der Waals surface area contributed by atoms with Gasteiger partial charge in [0, 0.05) is 30.5 Å². The molecule has 1 atom stereocenters. The Morgan fingerprint density at radius 3 is 3.00 bits per heavy atom. The number of hydrogen-bond acceptors (Lipinski definition) is 2. The monoisotopic (exact) mass is 283 g/mol. The first-order chi connectivity index (χ1) is 10.2. The van der Waals surface area contributed by atoms with Gasteiger partial charge in [-0.2, -0.15) is 5.26 Å². The van der Waals surface area contributed by atoms with Crippen LogP contribution in [0.25, 0.3) is 0 Å². The molecule has 0 saturated carbocycles. The highest BCUT2D eigenvalue weighted by Crippen LogP contribution is 2.28. The molecule has 0 amide bonds. The zero-order valence-corrected chi connectivity index (χ0v) is 11.8. The van der Waals surface area contributed by atoms with Crippen LogP contribution >= 0.6 is 0 Å². The first kappa shape index (κ1) is 13.8. The molecule has 108 valence electrons. The van der Waals surface area contributed by atoms with Crippen LogP contribution < -0.4 is 5.73 Å². The average Bonchev–Trinajstić information content (AvgIpc) is 2.81. The van der Waals surface area contributed by atoms with Crippen LogP contribution in [0.5, 0.6) is 0 Å². The van der Waals surface area contributed by atoms with Crippen LogP contribution in [-0.4, -0.2) is 4.57 Å². The van der Waals surface area contributed by atoms with Gasteiger partial charge in [-0.15, -0.1) is 0 Å². The minimum atomic E-state index is -0.276. The second-order valence-electron chi connectivity index (χ2n) is 5.68. The lowest BCUT2D eigenvalue weighted by Crippen LogP contribution is -2.09. The molecule has 0 bridgehead atoms. The minimum absolute atomic E-state index is 0.0824. The molecule has 21 heavy (non-hydrogen) atoms. The summed E-state index contributed by atoms with van der Waals surface area (Å²) in [5.41, 5.74) is 9.68. The maximum atomic E-state index is 13.9. The number of fused-ring (bicyclic) bond motifs is 1. The van der Waals surface area contributed by atoms with Crippen molar-refractivity contribution in [3.8, 4) is 6.07 Å². The molecule has 3 nitrogen and oxygen atoms in total. The van der Waals surface area contributed by atoms with Crippen molar-refractivity contribution in [3.63, 3.8) is 0 Å². The third-order valence-corrected chi connectivity index (χ3v) is 4.14. The molecule has 3 rings (SSSR count). The topological polar surface area (TPSA) is 54.7 Å². The van der Waals surface area contributed by atoms with E-state index in [9.17, 15) is 4.39 Å². The van der Waals surface area contributed by atoms with Crippen molar-refractivity contribution in [1.82, 2.24) is 4.57 Å². The molecule has 1 unspecified atom stereocenters. The molecule has 1 aliphatic rings. The molecule has 1 aromatic heterocycles. The summed E-state index contributed by atoms with van der Waals surface area (Å²) in [6.07, 6.45) is 8.46. The molecule has 1 aliphatic carbocycles. The number of nitrogens with zero attached hydrogens (tertiary/aromatic N) is 2. The van der Waals surface area contributed by atoms with E-state index in [0.29, 0.717) is 17.7 Å². The second-order valence-corrected chi connectivity index (χ2v) is 5.68. The van der Waals surface area contributed by atoms with Gasteiger partial charge in [0.1, 0.15) is 5.82 Å². The lowest BCUT2D eigenvalue weighted by atomic mass is 10.1. The highest BCUT2D eigenvalue weighted by atomic mass is 19.1. The highest BCUT2D eigenvalue weighted by Gasteiger charge is 2.17. The molecule has 0 fully saturated rings. The van der Waals surface area contributed by atoms with Crippen molar-refractivity contribution in [2.75, 3.05) is 0 Å². The lowest BCUT2D eigenvalue weighted by molar-refractivity contribution is 0.594. The summed E-state index contributed by atoms with van der Waals surface area (Å²) in [6.45, 7) is 0.432. The van der Waals surface area contributed by atoms with Gasteiger partial charge in [0.2, 0.25) is 0 Å². The van der Waals surface area contributed by atoms with Gasteiger partial charge in [0.05, 0.1) is 11.6 Å². The van der Waals surface area contributed by atoms with E-state index in [1.807, 2.05) is 16.8 Å². The second kappa shape index (κ2) is 5.71. The number of benzene rings is 1. The number of aryl methyl sites for hydroxylation is 1. The molecule has 0 radical (unpaired) electrons. The predicted molar refractivity (Wildman–Crippen MR) is 79.1 cm³/mol. The zero-order chi connectivity index (χ0) is 14.8. The van der Waals surface area contributed by atoms with Gasteiger partial charge in [0.15, 0.2) is 0 Å². The average molecular weight is 283 g/mol. The number of aromatic nitrogens is 1. The first-order valence-corrected chi connectivity index (χ1v) is 7.30. The van der Waals surface area contributed by atoms with Crippen LogP contribution in [0, 0.1) is 17.1 Å². The van der Waals surface area contributed by atoms with Crippen LogP contribution in [0.15, 0.2) is 30.6 Å². The molecule has 0 saturated heterocycles. The zero-order valence-electron chi connectivity index (χ0n) is 11.8. The minimum Gasteiger partial charge on any atom is -0.349 e. The molecule has 0 spiro atoms. The first-order valence-electron chi connectivity index (χ1n) is 7.30. The van der Waals surface area contributed by atoms with Gasteiger partial charge in [-0.25, -0.2) is 4.39 Å². The highest BCUT2D eigenvalue weighted by molar-refractivity contribution is 5.35. The summed E-state index contributed by atoms with van der Waals surface area (Å²) in [6, 6.07) is 6.60. The van der Waals surface area contributed by atoms with Crippen molar-refractivity contribution in [3.05, 3.63) is 58.7 Å². The van der Waals surface area contributed by atoms with E-state index < -0.39 is 0 Å². The summed E-state index contributed by atoms with van der Waals surface area (Å²) in [4.78, 5) is 0. The van der Waals surface area contributed by atoms with Gasteiger partial charge in [-0.3, -0.25) is 0 Å². The maximum Gasteiger partial charge on any atom is 0.128 e. The van der Waals surface area contributed by atoms with E-state index in [1.165, 1.54) is 23.3 Å². The van der Waals surface area contributed by atoms with E-state index in [-0.39, 0.29) is 11.9 Å². The van der Waals surface area contributed by atoms with Crippen molar-refractivity contribution in [2.45, 2.75) is 38.3 Å². The summed E-state index contributed by atoms with van der Waals surface area (Å²) >= 11 is 0. The third-order valence-electron chi connectivity index (χ3n) is 4.14. The van der Waals surface area contributed by atoms with E-state index in [0.717, 1.165) is 25.7 Å². The predicted octanol–water partition coefficient (Wildman–Crippen LogP) is 3.27. The maximum absolute atomic E-state index is 13.9. The fourth-order valence-electron chi connectivity index (χ4n) is 3.00. The number of rotatable bonds is 2. The smallest absolute Gasteiger partial charge is 0.128 e. The molecule has 1 heterocycles. The fraction of sp³-hybridized carbons (Fsp3) is 0.353. The Balaban J connectivity index is 1.89. The van der Waals surface area contributed by atoms with E-state index in [4.69, 9.17) is 11.0 Å². The number of nitriles is 1. The Kier molecular flexibility index (Phi) is 3.76. The lowest BCUT2D eigenvalue weighted by Gasteiger charge is -2.08. The largest absolute Gasteiger partial charge is 0.349 e. The molecular formula is C17H18FN3. The number of hydrogen-bond donors (Lipinski definition) is 1. The molecular weight excluding hydrogens is 265 g/mol. The Labute approximate surface area is 123 Å². The SMILES string of the molecule is N#Cc1ccc(F)c(Cn2cc3c(c2)C(N)CCCC3)c1. The summed E-state index contributed by atoms with van der Waals surface area (Å²) in [5.74, 6) is -0.276. The van der Waals surface area contributed by atoms with Crippen LogP contribution in [0.3, 0.4) is 0 Å². The van der Waals surface area contributed by atoms with Crippen LogP contribution in [0.4, 0.5) is 4.39 Å². The van der Waals surface area contributed by atoms with Crippen molar-refractivity contribution >= 4 is 0 Å². The van der Waals surface area contributed by atoms with E-state index >= 15 is 0 Å². The van der Waals surface area contributed by atoms with Gasteiger partial charge >= 0.3 is 0 Å². The Morgan fingerprint density at radius 2 is 2.19 bits per heavy atom. The molecule has 2 aromatic rings. The van der Waals surface area contributed by atoms with Crippen LogP contribution in [0.1, 0.15) is 47.6 Å². The summed E-state index contributed by atoms with van der Waals surface area (Å²) in [5, 5.41) is 8.92. The molecule has 2 N–H and O–H groups in total. The quantitative estimate of drug-likeness (QED) is 0.860. The molecule has 0 aliphatic heterocycles. The van der Waals surface area contributed by atoms with Crippen LogP contribution in [0.2, 0.25) is 0 Å². The van der Waals surface area contributed by atoms with Gasteiger partial charge in [0.25, 0.3) is 0 Å². The van der Waals surface area contributed by atoms with Gasteiger partial charge in [-0.05, 0) is 48.6 Å². The number of halogens is 1. The molecule has 4 heteroatoms. The summed E-state index contributed by atoms with van der Waals surface area (Å²) < 4.78 is 15.9. The molecule has 1 aromatic carbocycles. The summed E-state index contributed by atoms with van der Waals surface area (Å²) in [7, 11) is 0. The standard InChI is InChI=1S/C17H18FN3/c18-16-6-5-12(8-19)7-14(16)10-21-9-13-3-1-2-4-17(20)15(13)11-21/h5-7,9,11,17H,1-4,10,20H2. The number of nitrogens with two attached hydrogens (primary N) is 1. The Morgan fingerprint density at radius 1 is 1.33 bits per heavy atom. The van der Waals surface area contributed by atoms with E-state index in [1.54, 1.807) is 6.07 Å². The van der Waals surface area contributed by atoms with Crippen molar-refractivity contribution in [1.29, 1.82) is 5.26 Å². The van der Waals surface area contributed by atoms with Crippen molar-refractivity contribution < 1.29 is 4.39 Å². The van der Waals surface area contributed by atoms with E-state index in [2.05, 4.69) is 6.20 Å². The fourth-order valence-corrected chi connectivity index (χ4v) is 3.00. The third kappa shape index (κ3) is 2.84. The van der Waals surface area contributed by atoms with Gasteiger partial charge < -0.3 is 10.3 Å². The van der Waals surface area contributed by atoms with Crippen LogP contribution in [-0.2, 0) is 13.0 Å². The van der Waals surface area contributed by atoms with Crippen molar-refractivity contribution in [2.24, 2.45) is 5.73 Å². The Bertz CT molecular complexity index is 697. The normalized spacial score (nSPS) is 17.9. The Hall–Kier alpha value is -2.12.